The van der Waals surface area contributed by atoms with Gasteiger partial charge in [0.2, 0.25) is 0 Å². The van der Waals surface area contributed by atoms with Crippen LogP contribution in [-0.4, -0.2) is 7.11 Å². The van der Waals surface area contributed by atoms with E-state index in [-0.39, 0.29) is 4.83 Å². The van der Waals surface area contributed by atoms with Gasteiger partial charge in [0.15, 0.2) is 0 Å². The van der Waals surface area contributed by atoms with E-state index in [1.807, 2.05) is 26.0 Å². The molecular formula is C15H17BrO2. The third-order valence-corrected chi connectivity index (χ3v) is 4.27. The lowest BCUT2D eigenvalue weighted by Gasteiger charge is -2.11. The fourth-order valence-electron chi connectivity index (χ4n) is 2.12. The molecule has 0 saturated heterocycles. The van der Waals surface area contributed by atoms with Gasteiger partial charge in [0.1, 0.15) is 17.3 Å². The van der Waals surface area contributed by atoms with Gasteiger partial charge in [-0.05, 0) is 44.0 Å². The van der Waals surface area contributed by atoms with Crippen LogP contribution in [0.5, 0.6) is 5.75 Å². The van der Waals surface area contributed by atoms with Crippen molar-refractivity contribution in [1.82, 2.24) is 0 Å². The van der Waals surface area contributed by atoms with Gasteiger partial charge in [-0.3, -0.25) is 0 Å². The summed E-state index contributed by atoms with van der Waals surface area (Å²) in [6, 6.07) is 8.08. The van der Waals surface area contributed by atoms with Crippen molar-refractivity contribution in [2.75, 3.05) is 7.11 Å². The molecule has 0 aliphatic carbocycles. The van der Waals surface area contributed by atoms with E-state index in [9.17, 15) is 0 Å². The molecule has 1 unspecified atom stereocenters. The molecule has 18 heavy (non-hydrogen) atoms. The molecule has 0 aliphatic rings. The number of methoxy groups -OCH3 is 1. The fourth-order valence-corrected chi connectivity index (χ4v) is 3.09. The highest BCUT2D eigenvalue weighted by Crippen LogP contribution is 2.37. The predicted octanol–water partition coefficient (Wildman–Crippen LogP) is 4.70. The van der Waals surface area contributed by atoms with Crippen LogP contribution in [0.2, 0.25) is 0 Å². The van der Waals surface area contributed by atoms with Crippen molar-refractivity contribution in [1.29, 1.82) is 0 Å². The molecule has 3 heteroatoms. The van der Waals surface area contributed by atoms with Crippen LogP contribution in [0.4, 0.5) is 0 Å². The normalized spacial score (nSPS) is 12.5. The number of hydrogen-bond acceptors (Lipinski definition) is 2. The van der Waals surface area contributed by atoms with Gasteiger partial charge in [-0.25, -0.2) is 0 Å². The van der Waals surface area contributed by atoms with E-state index in [1.165, 1.54) is 16.7 Å². The van der Waals surface area contributed by atoms with Gasteiger partial charge in [0, 0.05) is 5.56 Å². The van der Waals surface area contributed by atoms with Crippen LogP contribution in [0.3, 0.4) is 0 Å². The molecule has 0 amide bonds. The molecule has 1 aromatic heterocycles. The Hall–Kier alpha value is -1.22. The average Bonchev–Trinajstić information content (AvgIpc) is 2.63. The molecule has 2 rings (SSSR count). The second-order valence-corrected chi connectivity index (χ2v) is 5.30. The van der Waals surface area contributed by atoms with Crippen LogP contribution < -0.4 is 4.74 Å². The second-order valence-electron chi connectivity index (χ2n) is 4.39. The van der Waals surface area contributed by atoms with Gasteiger partial charge >= 0.3 is 0 Å². The first-order chi connectivity index (χ1) is 8.54. The summed E-state index contributed by atoms with van der Waals surface area (Å²) in [5.74, 6) is 2.83. The molecule has 1 heterocycles. The SMILES string of the molecule is COc1ccc(C(Br)c2c(C)oc(C)c2C)cc1. The van der Waals surface area contributed by atoms with Crippen LogP contribution in [0.1, 0.15) is 33.0 Å². The zero-order valence-electron chi connectivity index (χ0n) is 11.1. The van der Waals surface area contributed by atoms with Crippen LogP contribution in [-0.2, 0) is 0 Å². The molecule has 1 atom stereocenters. The summed E-state index contributed by atoms with van der Waals surface area (Å²) in [5, 5.41) is 0. The van der Waals surface area contributed by atoms with Crippen LogP contribution in [0.25, 0.3) is 0 Å². The maximum Gasteiger partial charge on any atom is 0.118 e. The summed E-state index contributed by atoms with van der Waals surface area (Å²) in [5.41, 5.74) is 3.63. The minimum Gasteiger partial charge on any atom is -0.497 e. The van der Waals surface area contributed by atoms with Crippen molar-refractivity contribution in [2.45, 2.75) is 25.6 Å². The maximum absolute atomic E-state index is 5.68. The van der Waals surface area contributed by atoms with Gasteiger partial charge < -0.3 is 9.15 Å². The molecular weight excluding hydrogens is 292 g/mol. The van der Waals surface area contributed by atoms with E-state index in [4.69, 9.17) is 9.15 Å². The number of rotatable bonds is 3. The molecule has 0 spiro atoms. The lowest BCUT2D eigenvalue weighted by molar-refractivity contribution is 0.414. The molecule has 2 nitrogen and oxygen atoms in total. The van der Waals surface area contributed by atoms with E-state index in [1.54, 1.807) is 7.11 Å². The molecule has 0 bridgehead atoms. The number of alkyl halides is 1. The second kappa shape index (κ2) is 5.19. The molecule has 0 fully saturated rings. The lowest BCUT2D eigenvalue weighted by Crippen LogP contribution is -1.95. The summed E-state index contributed by atoms with van der Waals surface area (Å²) in [6.07, 6.45) is 0. The van der Waals surface area contributed by atoms with Crippen molar-refractivity contribution in [2.24, 2.45) is 0 Å². The van der Waals surface area contributed by atoms with Gasteiger partial charge in [-0.2, -0.15) is 0 Å². The highest BCUT2D eigenvalue weighted by Gasteiger charge is 2.20. The standard InChI is InChI=1S/C15H17BrO2/c1-9-10(2)18-11(3)14(9)15(16)12-5-7-13(17-4)8-6-12/h5-8,15H,1-4H3. The zero-order valence-corrected chi connectivity index (χ0v) is 12.7. The maximum atomic E-state index is 5.68. The predicted molar refractivity (Wildman–Crippen MR) is 76.7 cm³/mol. The minimum absolute atomic E-state index is 0.154. The first-order valence-corrected chi connectivity index (χ1v) is 6.80. The van der Waals surface area contributed by atoms with Gasteiger partial charge in [0.05, 0.1) is 11.9 Å². The summed E-state index contributed by atoms with van der Waals surface area (Å²) >= 11 is 3.75. The molecule has 0 aliphatic heterocycles. The number of halogens is 1. The Balaban J connectivity index is 2.37. The number of aryl methyl sites for hydroxylation is 2. The number of benzene rings is 1. The molecule has 2 aromatic rings. The van der Waals surface area contributed by atoms with Gasteiger partial charge in [-0.1, -0.05) is 28.1 Å². The Morgan fingerprint density at radius 2 is 1.67 bits per heavy atom. The van der Waals surface area contributed by atoms with Gasteiger partial charge in [-0.15, -0.1) is 0 Å². The van der Waals surface area contributed by atoms with Crippen molar-refractivity contribution in [3.05, 3.63) is 52.5 Å². The number of hydrogen-bond donors (Lipinski definition) is 0. The topological polar surface area (TPSA) is 22.4 Å². The molecule has 0 saturated carbocycles. The summed E-state index contributed by atoms with van der Waals surface area (Å²) in [6.45, 7) is 6.10. The van der Waals surface area contributed by atoms with Crippen LogP contribution >= 0.6 is 15.9 Å². The summed E-state index contributed by atoms with van der Waals surface area (Å²) < 4.78 is 10.9. The van der Waals surface area contributed by atoms with Crippen molar-refractivity contribution >= 4 is 15.9 Å². The Morgan fingerprint density at radius 3 is 2.11 bits per heavy atom. The van der Waals surface area contributed by atoms with Crippen molar-refractivity contribution in [3.63, 3.8) is 0 Å². The first kappa shape index (κ1) is 13.2. The van der Waals surface area contributed by atoms with E-state index in [0.717, 1.165) is 17.3 Å². The largest absolute Gasteiger partial charge is 0.497 e. The van der Waals surface area contributed by atoms with E-state index in [2.05, 4.69) is 35.0 Å². The Morgan fingerprint density at radius 1 is 1.06 bits per heavy atom. The van der Waals surface area contributed by atoms with Crippen molar-refractivity contribution < 1.29 is 9.15 Å². The van der Waals surface area contributed by atoms with Gasteiger partial charge in [0.25, 0.3) is 0 Å². The Labute approximate surface area is 116 Å². The van der Waals surface area contributed by atoms with E-state index >= 15 is 0 Å². The number of ether oxygens (including phenoxy) is 1. The molecule has 96 valence electrons. The average molecular weight is 309 g/mol. The summed E-state index contributed by atoms with van der Waals surface area (Å²) in [7, 11) is 1.67. The van der Waals surface area contributed by atoms with Crippen molar-refractivity contribution in [3.8, 4) is 5.75 Å². The van der Waals surface area contributed by atoms with E-state index in [0.29, 0.717) is 0 Å². The fraction of sp³-hybridized carbons (Fsp3) is 0.333. The van der Waals surface area contributed by atoms with E-state index < -0.39 is 0 Å². The molecule has 0 radical (unpaired) electrons. The summed E-state index contributed by atoms with van der Waals surface area (Å²) in [4.78, 5) is 0.154. The van der Waals surface area contributed by atoms with Crippen LogP contribution in [0.15, 0.2) is 28.7 Å². The third-order valence-electron chi connectivity index (χ3n) is 3.28. The quantitative estimate of drug-likeness (QED) is 0.767. The monoisotopic (exact) mass is 308 g/mol. The first-order valence-electron chi connectivity index (χ1n) is 5.89. The zero-order chi connectivity index (χ0) is 13.3. The molecule has 0 N–H and O–H groups in total. The van der Waals surface area contributed by atoms with Crippen LogP contribution in [0, 0.1) is 20.8 Å². The highest BCUT2D eigenvalue weighted by molar-refractivity contribution is 9.09. The lowest BCUT2D eigenvalue weighted by atomic mass is 10.0. The smallest absolute Gasteiger partial charge is 0.118 e. The Bertz CT molecular complexity index is 540. The third kappa shape index (κ3) is 2.32. The minimum atomic E-state index is 0.154. The number of furan rings is 1. The highest BCUT2D eigenvalue weighted by atomic mass is 79.9. The Kier molecular flexibility index (Phi) is 3.81. The molecule has 1 aromatic carbocycles.